The Morgan fingerprint density at radius 2 is 2.05 bits per heavy atom. The Bertz CT molecular complexity index is 550. The van der Waals surface area contributed by atoms with Gasteiger partial charge in [-0.1, -0.05) is 0 Å². The van der Waals surface area contributed by atoms with Gasteiger partial charge in [-0.2, -0.15) is 0 Å². The molecule has 0 spiro atoms. The summed E-state index contributed by atoms with van der Waals surface area (Å²) in [5.41, 5.74) is 2.13. The van der Waals surface area contributed by atoms with Gasteiger partial charge in [-0.05, 0) is 56.0 Å². The number of fused-ring (bicyclic) bond motifs is 3. The van der Waals surface area contributed by atoms with Crippen LogP contribution in [0.3, 0.4) is 0 Å². The molecule has 2 atom stereocenters. The lowest BCUT2D eigenvalue weighted by Gasteiger charge is -2.34. The van der Waals surface area contributed by atoms with E-state index in [1.807, 2.05) is 12.1 Å². The lowest BCUT2D eigenvalue weighted by Crippen LogP contribution is -2.43. The normalized spacial score (nSPS) is 32.0. The molecule has 1 aliphatic carbocycles. The summed E-state index contributed by atoms with van der Waals surface area (Å²) in [7, 11) is 0. The third-order valence-corrected chi connectivity index (χ3v) is 5.06. The lowest BCUT2D eigenvalue weighted by molar-refractivity contribution is 0.0452. The molecule has 1 unspecified atom stereocenters. The van der Waals surface area contributed by atoms with Crippen LogP contribution in [0.2, 0.25) is 0 Å². The van der Waals surface area contributed by atoms with Crippen LogP contribution in [-0.4, -0.2) is 35.9 Å². The number of Topliss-reactive ketones (excluding diaryl/α,β-unsaturated/α-hetero) is 1. The van der Waals surface area contributed by atoms with E-state index in [0.29, 0.717) is 12.2 Å². The summed E-state index contributed by atoms with van der Waals surface area (Å²) in [6.45, 7) is 3.47. The Hall–Kier alpha value is -1.35. The van der Waals surface area contributed by atoms with Crippen LogP contribution in [-0.2, 0) is 6.42 Å². The minimum absolute atomic E-state index is 0.0329. The molecule has 20 heavy (non-hydrogen) atoms. The van der Waals surface area contributed by atoms with Gasteiger partial charge in [-0.15, -0.1) is 0 Å². The van der Waals surface area contributed by atoms with Gasteiger partial charge in [0.2, 0.25) is 0 Å². The molecule has 3 nitrogen and oxygen atoms in total. The number of hydrogen-bond acceptors (Lipinski definition) is 3. The van der Waals surface area contributed by atoms with Crippen molar-refractivity contribution in [1.29, 1.82) is 0 Å². The molecule has 2 aliphatic heterocycles. The third kappa shape index (κ3) is 2.05. The molecule has 3 heteroatoms. The second kappa shape index (κ2) is 4.59. The van der Waals surface area contributed by atoms with Crippen LogP contribution in [0.1, 0.15) is 48.0 Å². The van der Waals surface area contributed by atoms with Crippen LogP contribution in [0.15, 0.2) is 18.2 Å². The molecular weight excluding hydrogens is 250 g/mol. The largest absolute Gasteiger partial charge is 0.486 e. The van der Waals surface area contributed by atoms with Crippen molar-refractivity contribution in [3.05, 3.63) is 29.3 Å². The van der Waals surface area contributed by atoms with Crippen molar-refractivity contribution >= 4 is 5.78 Å². The van der Waals surface area contributed by atoms with E-state index < -0.39 is 0 Å². The topological polar surface area (TPSA) is 29.5 Å². The lowest BCUT2D eigenvalue weighted by atomic mass is 9.90. The van der Waals surface area contributed by atoms with Crippen LogP contribution in [0.25, 0.3) is 0 Å². The Labute approximate surface area is 119 Å². The number of ether oxygens (including phenoxy) is 1. The first-order valence-electron chi connectivity index (χ1n) is 7.82. The summed E-state index contributed by atoms with van der Waals surface area (Å²) in [6.07, 6.45) is 6.24. The predicted molar refractivity (Wildman–Crippen MR) is 77.4 cm³/mol. The first-order chi connectivity index (χ1) is 9.74. The van der Waals surface area contributed by atoms with E-state index >= 15 is 0 Å². The van der Waals surface area contributed by atoms with E-state index in [0.717, 1.165) is 37.1 Å². The SMILES string of the molecule is O=C1CCCc2cc(O[C@]34CCCN(CC3)C4)ccc21. The molecule has 4 rings (SSSR count). The summed E-state index contributed by atoms with van der Waals surface area (Å²) >= 11 is 0. The Morgan fingerprint density at radius 1 is 1.10 bits per heavy atom. The van der Waals surface area contributed by atoms with Gasteiger partial charge < -0.3 is 4.74 Å². The average molecular weight is 271 g/mol. The molecule has 2 fully saturated rings. The van der Waals surface area contributed by atoms with Crippen LogP contribution in [0, 0.1) is 0 Å². The van der Waals surface area contributed by atoms with E-state index in [4.69, 9.17) is 4.74 Å². The zero-order valence-corrected chi connectivity index (χ0v) is 11.9. The van der Waals surface area contributed by atoms with Crippen molar-refractivity contribution in [3.8, 4) is 5.75 Å². The number of carbonyl (C=O) groups excluding carboxylic acids is 1. The van der Waals surface area contributed by atoms with Crippen molar-refractivity contribution in [2.75, 3.05) is 19.6 Å². The number of piperidine rings is 1. The molecule has 2 heterocycles. The van der Waals surface area contributed by atoms with Gasteiger partial charge in [0.25, 0.3) is 0 Å². The fraction of sp³-hybridized carbons (Fsp3) is 0.588. The number of hydrogen-bond donors (Lipinski definition) is 0. The smallest absolute Gasteiger partial charge is 0.163 e. The number of rotatable bonds is 2. The van der Waals surface area contributed by atoms with Crippen LogP contribution >= 0.6 is 0 Å². The maximum Gasteiger partial charge on any atom is 0.163 e. The van der Waals surface area contributed by atoms with Gasteiger partial charge in [0.05, 0.1) is 0 Å². The molecule has 0 amide bonds. The minimum Gasteiger partial charge on any atom is -0.486 e. The van der Waals surface area contributed by atoms with Crippen LogP contribution in [0.5, 0.6) is 5.75 Å². The van der Waals surface area contributed by atoms with Gasteiger partial charge in [-0.25, -0.2) is 0 Å². The molecule has 0 N–H and O–H groups in total. The molecule has 2 saturated heterocycles. The van der Waals surface area contributed by atoms with E-state index in [1.165, 1.54) is 31.5 Å². The molecule has 2 bridgehead atoms. The molecule has 0 saturated carbocycles. The quantitative estimate of drug-likeness (QED) is 0.828. The fourth-order valence-corrected chi connectivity index (χ4v) is 4.02. The molecular formula is C17H21NO2. The van der Waals surface area contributed by atoms with Gasteiger partial charge in [0, 0.05) is 31.5 Å². The number of carbonyl (C=O) groups is 1. The molecule has 3 aliphatic rings. The summed E-state index contributed by atoms with van der Waals surface area (Å²) < 4.78 is 6.38. The Balaban J connectivity index is 1.59. The highest BCUT2D eigenvalue weighted by Gasteiger charge is 2.42. The van der Waals surface area contributed by atoms with E-state index in [9.17, 15) is 4.79 Å². The average Bonchev–Trinajstić information content (AvgIpc) is 2.73. The molecule has 1 aromatic carbocycles. The summed E-state index contributed by atoms with van der Waals surface area (Å²) in [5, 5.41) is 0. The highest BCUT2D eigenvalue weighted by Crippen LogP contribution is 2.36. The number of nitrogens with zero attached hydrogens (tertiary/aromatic N) is 1. The summed E-state index contributed by atoms with van der Waals surface area (Å²) in [6, 6.07) is 6.07. The monoisotopic (exact) mass is 271 g/mol. The van der Waals surface area contributed by atoms with Gasteiger partial charge in [0.1, 0.15) is 11.4 Å². The second-order valence-corrected chi connectivity index (χ2v) is 6.51. The first-order valence-corrected chi connectivity index (χ1v) is 7.82. The molecule has 1 aromatic rings. The summed E-state index contributed by atoms with van der Waals surface area (Å²) in [4.78, 5) is 14.4. The second-order valence-electron chi connectivity index (χ2n) is 6.51. The number of aryl methyl sites for hydroxylation is 1. The van der Waals surface area contributed by atoms with E-state index in [2.05, 4.69) is 11.0 Å². The Kier molecular flexibility index (Phi) is 2.84. The van der Waals surface area contributed by atoms with Gasteiger partial charge in [-0.3, -0.25) is 9.69 Å². The van der Waals surface area contributed by atoms with Crippen molar-refractivity contribution in [3.63, 3.8) is 0 Å². The predicted octanol–water partition coefficient (Wildman–Crippen LogP) is 2.82. The minimum atomic E-state index is 0.0329. The standard InChI is InChI=1S/C17H21NO2/c19-16-4-1-3-13-11-14(5-6-15(13)16)20-17-7-2-9-18(12-17)10-8-17/h5-6,11H,1-4,7-10,12H2/t17-/m1/s1. The van der Waals surface area contributed by atoms with E-state index in [1.54, 1.807) is 0 Å². The van der Waals surface area contributed by atoms with E-state index in [-0.39, 0.29) is 5.60 Å². The zero-order valence-electron chi connectivity index (χ0n) is 11.9. The third-order valence-electron chi connectivity index (χ3n) is 5.06. The van der Waals surface area contributed by atoms with Gasteiger partial charge >= 0.3 is 0 Å². The fourth-order valence-electron chi connectivity index (χ4n) is 4.02. The first kappa shape index (κ1) is 12.4. The highest BCUT2D eigenvalue weighted by molar-refractivity contribution is 5.98. The zero-order chi connectivity index (χ0) is 13.6. The maximum atomic E-state index is 11.9. The maximum absolute atomic E-state index is 11.9. The highest BCUT2D eigenvalue weighted by atomic mass is 16.5. The van der Waals surface area contributed by atoms with Crippen molar-refractivity contribution in [2.24, 2.45) is 0 Å². The van der Waals surface area contributed by atoms with Crippen molar-refractivity contribution < 1.29 is 9.53 Å². The van der Waals surface area contributed by atoms with Gasteiger partial charge in [0.15, 0.2) is 5.78 Å². The van der Waals surface area contributed by atoms with Crippen molar-refractivity contribution in [2.45, 2.75) is 44.1 Å². The number of ketones is 1. The van der Waals surface area contributed by atoms with Crippen LogP contribution in [0.4, 0.5) is 0 Å². The van der Waals surface area contributed by atoms with Crippen LogP contribution < -0.4 is 4.74 Å². The molecule has 0 aromatic heterocycles. The van der Waals surface area contributed by atoms with Crippen molar-refractivity contribution in [1.82, 2.24) is 4.90 Å². The number of benzene rings is 1. The molecule has 0 radical (unpaired) electrons. The molecule has 106 valence electrons. The summed E-state index contributed by atoms with van der Waals surface area (Å²) in [5.74, 6) is 1.25. The Morgan fingerprint density at radius 3 is 3.00 bits per heavy atom.